The first-order valence-corrected chi connectivity index (χ1v) is 7.06. The highest BCUT2D eigenvalue weighted by Crippen LogP contribution is 2.31. The Morgan fingerprint density at radius 3 is 2.72 bits per heavy atom. The molecule has 0 fully saturated rings. The van der Waals surface area contributed by atoms with Crippen LogP contribution in [-0.2, 0) is 16.0 Å². The molecular formula is C12H12N2O2S2. The second kappa shape index (κ2) is 5.79. The molecule has 2 amide bonds. The second-order valence-electron chi connectivity index (χ2n) is 3.61. The van der Waals surface area contributed by atoms with Crippen LogP contribution in [0.15, 0.2) is 29.6 Å². The number of thiophene rings is 2. The summed E-state index contributed by atoms with van der Waals surface area (Å²) in [7, 11) is 0. The van der Waals surface area contributed by atoms with E-state index in [2.05, 4.69) is 17.4 Å². The number of nitrogens with one attached hydrogen (secondary N) is 1. The molecule has 0 aromatic carbocycles. The van der Waals surface area contributed by atoms with Crippen molar-refractivity contribution in [2.75, 3.05) is 6.54 Å². The standard InChI is InChI=1S/C12H12N2O2S2/c13-11(15)12(16)14-6-5-8-3-4-10(18-8)9-2-1-7-17-9/h1-4,7H,5-6H2,(H2,13,15)(H,14,16). The van der Waals surface area contributed by atoms with E-state index in [-0.39, 0.29) is 0 Å². The van der Waals surface area contributed by atoms with Gasteiger partial charge in [-0.2, -0.15) is 0 Å². The Morgan fingerprint density at radius 2 is 2.06 bits per heavy atom. The summed E-state index contributed by atoms with van der Waals surface area (Å²) in [5.74, 6) is -1.68. The van der Waals surface area contributed by atoms with E-state index in [1.165, 1.54) is 14.6 Å². The number of nitrogens with two attached hydrogens (primary N) is 1. The molecule has 0 aliphatic rings. The maximum absolute atomic E-state index is 10.9. The van der Waals surface area contributed by atoms with Crippen LogP contribution < -0.4 is 11.1 Å². The van der Waals surface area contributed by atoms with E-state index in [0.29, 0.717) is 13.0 Å². The highest BCUT2D eigenvalue weighted by molar-refractivity contribution is 7.21. The minimum Gasteiger partial charge on any atom is -0.361 e. The van der Waals surface area contributed by atoms with Gasteiger partial charge in [-0.3, -0.25) is 9.59 Å². The summed E-state index contributed by atoms with van der Waals surface area (Å²) in [6, 6.07) is 8.21. The fourth-order valence-corrected chi connectivity index (χ4v) is 3.29. The Morgan fingerprint density at radius 1 is 1.22 bits per heavy atom. The second-order valence-corrected chi connectivity index (χ2v) is 5.73. The minimum absolute atomic E-state index is 0.423. The molecule has 2 aromatic rings. The molecule has 2 aromatic heterocycles. The molecule has 0 aliphatic heterocycles. The van der Waals surface area contributed by atoms with E-state index >= 15 is 0 Å². The normalized spacial score (nSPS) is 10.2. The molecule has 94 valence electrons. The van der Waals surface area contributed by atoms with Gasteiger partial charge in [0, 0.05) is 21.2 Å². The third-order valence-electron chi connectivity index (χ3n) is 2.31. The van der Waals surface area contributed by atoms with Gasteiger partial charge in [0.25, 0.3) is 0 Å². The molecule has 0 aliphatic carbocycles. The van der Waals surface area contributed by atoms with E-state index < -0.39 is 11.8 Å². The fourth-order valence-electron chi connectivity index (χ4n) is 1.45. The number of carbonyl (C=O) groups is 2. The molecule has 2 heterocycles. The predicted octanol–water partition coefficient (Wildman–Crippen LogP) is 1.62. The lowest BCUT2D eigenvalue weighted by molar-refractivity contribution is -0.137. The molecule has 0 radical (unpaired) electrons. The van der Waals surface area contributed by atoms with Gasteiger partial charge in [0.1, 0.15) is 0 Å². The maximum atomic E-state index is 10.9. The van der Waals surface area contributed by atoms with E-state index in [1.54, 1.807) is 22.7 Å². The van der Waals surface area contributed by atoms with Gasteiger partial charge in [-0.15, -0.1) is 22.7 Å². The number of amides is 2. The van der Waals surface area contributed by atoms with Crippen LogP contribution in [0.3, 0.4) is 0 Å². The molecule has 2 rings (SSSR count). The van der Waals surface area contributed by atoms with E-state index in [9.17, 15) is 9.59 Å². The van der Waals surface area contributed by atoms with E-state index in [0.717, 1.165) is 0 Å². The monoisotopic (exact) mass is 280 g/mol. The lowest BCUT2D eigenvalue weighted by Gasteiger charge is -2.00. The van der Waals surface area contributed by atoms with E-state index in [4.69, 9.17) is 5.73 Å². The van der Waals surface area contributed by atoms with Gasteiger partial charge >= 0.3 is 11.8 Å². The maximum Gasteiger partial charge on any atom is 0.309 e. The number of rotatable bonds is 4. The topological polar surface area (TPSA) is 72.2 Å². The smallest absolute Gasteiger partial charge is 0.309 e. The SMILES string of the molecule is NC(=O)C(=O)NCCc1ccc(-c2cccs2)s1. The Hall–Kier alpha value is -1.66. The zero-order chi connectivity index (χ0) is 13.0. The van der Waals surface area contributed by atoms with Crippen LogP contribution >= 0.6 is 22.7 Å². The molecule has 0 spiro atoms. The first-order chi connectivity index (χ1) is 8.66. The van der Waals surface area contributed by atoms with Crippen molar-refractivity contribution in [2.24, 2.45) is 5.73 Å². The highest BCUT2D eigenvalue weighted by atomic mass is 32.1. The predicted molar refractivity (Wildman–Crippen MR) is 73.5 cm³/mol. The molecule has 18 heavy (non-hydrogen) atoms. The number of primary amides is 1. The summed E-state index contributed by atoms with van der Waals surface area (Å²) >= 11 is 3.40. The molecule has 6 heteroatoms. The average molecular weight is 280 g/mol. The van der Waals surface area contributed by atoms with Gasteiger partial charge in [-0.25, -0.2) is 0 Å². The molecule has 4 nitrogen and oxygen atoms in total. The lowest BCUT2D eigenvalue weighted by Crippen LogP contribution is -2.36. The van der Waals surface area contributed by atoms with Crippen LogP contribution in [0.5, 0.6) is 0 Å². The Labute approximate surface area is 112 Å². The summed E-state index contributed by atoms with van der Waals surface area (Å²) in [4.78, 5) is 25.1. The summed E-state index contributed by atoms with van der Waals surface area (Å²) in [5, 5.41) is 4.51. The summed E-state index contributed by atoms with van der Waals surface area (Å²) < 4.78 is 0. The summed E-state index contributed by atoms with van der Waals surface area (Å²) in [5.41, 5.74) is 4.84. The molecule has 0 atom stereocenters. The van der Waals surface area contributed by atoms with Crippen LogP contribution in [-0.4, -0.2) is 18.4 Å². The largest absolute Gasteiger partial charge is 0.361 e. The van der Waals surface area contributed by atoms with Crippen molar-refractivity contribution in [1.82, 2.24) is 5.32 Å². The quantitative estimate of drug-likeness (QED) is 0.835. The fraction of sp³-hybridized carbons (Fsp3) is 0.167. The van der Waals surface area contributed by atoms with Crippen molar-refractivity contribution in [3.8, 4) is 9.75 Å². The van der Waals surface area contributed by atoms with E-state index in [1.807, 2.05) is 17.5 Å². The lowest BCUT2D eigenvalue weighted by atomic mass is 10.3. The van der Waals surface area contributed by atoms with Gasteiger partial charge in [0.05, 0.1) is 0 Å². The van der Waals surface area contributed by atoms with Gasteiger partial charge in [0.15, 0.2) is 0 Å². The number of hydrogen-bond donors (Lipinski definition) is 2. The van der Waals surface area contributed by atoms with Gasteiger partial charge < -0.3 is 11.1 Å². The average Bonchev–Trinajstić information content (AvgIpc) is 2.98. The zero-order valence-electron chi connectivity index (χ0n) is 9.51. The molecular weight excluding hydrogens is 268 g/mol. The van der Waals surface area contributed by atoms with Gasteiger partial charge in [0.2, 0.25) is 0 Å². The van der Waals surface area contributed by atoms with Crippen LogP contribution in [0.4, 0.5) is 0 Å². The molecule has 0 unspecified atom stereocenters. The zero-order valence-corrected chi connectivity index (χ0v) is 11.1. The van der Waals surface area contributed by atoms with Crippen LogP contribution in [0.25, 0.3) is 9.75 Å². The molecule has 0 saturated carbocycles. The van der Waals surface area contributed by atoms with Crippen molar-refractivity contribution < 1.29 is 9.59 Å². The van der Waals surface area contributed by atoms with Crippen molar-refractivity contribution in [3.63, 3.8) is 0 Å². The first kappa shape index (κ1) is 12.8. The molecule has 0 bridgehead atoms. The van der Waals surface area contributed by atoms with Crippen LogP contribution in [0.1, 0.15) is 4.88 Å². The Balaban J connectivity index is 1.88. The van der Waals surface area contributed by atoms with Crippen LogP contribution in [0, 0.1) is 0 Å². The first-order valence-electron chi connectivity index (χ1n) is 5.37. The molecule has 0 saturated heterocycles. The Kier molecular flexibility index (Phi) is 4.11. The van der Waals surface area contributed by atoms with Gasteiger partial charge in [-0.05, 0) is 30.0 Å². The highest BCUT2D eigenvalue weighted by Gasteiger charge is 2.08. The summed E-state index contributed by atoms with van der Waals surface area (Å²) in [6.07, 6.45) is 0.703. The number of carbonyl (C=O) groups excluding carboxylic acids is 2. The van der Waals surface area contributed by atoms with Crippen molar-refractivity contribution >= 4 is 34.5 Å². The van der Waals surface area contributed by atoms with Crippen molar-refractivity contribution in [2.45, 2.75) is 6.42 Å². The number of hydrogen-bond acceptors (Lipinski definition) is 4. The van der Waals surface area contributed by atoms with Crippen LogP contribution in [0.2, 0.25) is 0 Å². The summed E-state index contributed by atoms with van der Waals surface area (Å²) in [6.45, 7) is 0.423. The van der Waals surface area contributed by atoms with Gasteiger partial charge in [-0.1, -0.05) is 6.07 Å². The van der Waals surface area contributed by atoms with Crippen molar-refractivity contribution in [3.05, 3.63) is 34.5 Å². The Bertz CT molecular complexity index is 546. The third kappa shape index (κ3) is 3.18. The molecule has 3 N–H and O–H groups in total. The minimum atomic E-state index is -0.944. The van der Waals surface area contributed by atoms with Crippen molar-refractivity contribution in [1.29, 1.82) is 0 Å². The third-order valence-corrected chi connectivity index (χ3v) is 4.52.